The average molecular weight is 795 g/mol. The Morgan fingerprint density at radius 2 is 1.02 bits per heavy atom. The first-order valence-electron chi connectivity index (χ1n) is 16.2. The Morgan fingerprint density at radius 1 is 0.553 bits per heavy atom. The number of hydrogen-bond acceptors (Lipinski definition) is 2. The maximum Gasteiger partial charge on any atom is 0.108 e. The summed E-state index contributed by atoms with van der Waals surface area (Å²) in [7, 11) is 0. The van der Waals surface area contributed by atoms with E-state index >= 15 is 0 Å². The van der Waals surface area contributed by atoms with Crippen molar-refractivity contribution in [2.75, 3.05) is 0 Å². The summed E-state index contributed by atoms with van der Waals surface area (Å²) >= 11 is 0. The summed E-state index contributed by atoms with van der Waals surface area (Å²) < 4.78 is 1.89. The second kappa shape index (κ2) is 13.2. The van der Waals surface area contributed by atoms with Crippen LogP contribution < -0.4 is 0 Å². The molecule has 1 aromatic heterocycles. The SMILES string of the molecule is Cc1cc(C)c(-n2cnc(-c3[c-]ccc(-c4cc(-c5ccc(C(C)(C)C)cc5)cc(-c5ccc(C(C)(C)C)cc5)c4)c3)n2)c(C)c1.[Ir]. The fraction of sp³-hybridized carbons (Fsp3) is 0.256. The van der Waals surface area contributed by atoms with Crippen LogP contribution in [0.5, 0.6) is 0 Å². The fourth-order valence-corrected chi connectivity index (χ4v) is 6.26. The topological polar surface area (TPSA) is 30.7 Å². The van der Waals surface area contributed by atoms with Gasteiger partial charge in [0, 0.05) is 20.1 Å². The number of nitrogens with zero attached hydrogens (tertiary/aromatic N) is 3. The minimum Gasteiger partial charge on any atom is -0.264 e. The molecular formula is C43H44IrN3-. The predicted molar refractivity (Wildman–Crippen MR) is 194 cm³/mol. The van der Waals surface area contributed by atoms with E-state index in [1.165, 1.54) is 50.1 Å². The van der Waals surface area contributed by atoms with Gasteiger partial charge in [0.15, 0.2) is 0 Å². The molecular weight excluding hydrogens is 751 g/mol. The van der Waals surface area contributed by atoms with Crippen LogP contribution in [0.15, 0.2) is 103 Å². The van der Waals surface area contributed by atoms with Gasteiger partial charge >= 0.3 is 0 Å². The van der Waals surface area contributed by atoms with Crippen LogP contribution in [0.4, 0.5) is 0 Å². The van der Waals surface area contributed by atoms with E-state index in [4.69, 9.17) is 10.1 Å². The summed E-state index contributed by atoms with van der Waals surface area (Å²) in [6.07, 6.45) is 1.81. The van der Waals surface area contributed by atoms with Crippen LogP contribution in [-0.2, 0) is 30.9 Å². The number of rotatable bonds is 5. The van der Waals surface area contributed by atoms with Gasteiger partial charge in [0.1, 0.15) is 6.33 Å². The van der Waals surface area contributed by atoms with Crippen molar-refractivity contribution >= 4 is 0 Å². The molecule has 241 valence electrons. The van der Waals surface area contributed by atoms with Gasteiger partial charge in [-0.1, -0.05) is 108 Å². The van der Waals surface area contributed by atoms with Gasteiger partial charge in [0.05, 0.1) is 11.5 Å². The molecule has 0 aliphatic rings. The van der Waals surface area contributed by atoms with Gasteiger partial charge in [-0.2, -0.15) is 5.10 Å². The van der Waals surface area contributed by atoms with E-state index in [-0.39, 0.29) is 30.9 Å². The first kappa shape index (κ1) is 34.2. The molecule has 0 amide bonds. The Hall–Kier alpha value is -4.11. The summed E-state index contributed by atoms with van der Waals surface area (Å²) in [6, 6.07) is 39.0. The van der Waals surface area contributed by atoms with Crippen LogP contribution in [-0.4, -0.2) is 14.8 Å². The first-order chi connectivity index (χ1) is 21.8. The van der Waals surface area contributed by atoms with E-state index in [1.807, 2.05) is 17.1 Å². The van der Waals surface area contributed by atoms with Gasteiger partial charge in [-0.3, -0.25) is 4.98 Å². The molecule has 0 atom stereocenters. The molecule has 0 saturated heterocycles. The van der Waals surface area contributed by atoms with Crippen LogP contribution >= 0.6 is 0 Å². The van der Waals surface area contributed by atoms with Crippen molar-refractivity contribution < 1.29 is 20.1 Å². The third kappa shape index (κ3) is 7.40. The molecule has 4 heteroatoms. The molecule has 0 aliphatic carbocycles. The molecule has 0 N–H and O–H groups in total. The van der Waals surface area contributed by atoms with E-state index < -0.39 is 0 Å². The second-order valence-corrected chi connectivity index (χ2v) is 14.7. The number of benzene rings is 5. The van der Waals surface area contributed by atoms with Crippen molar-refractivity contribution in [2.45, 2.75) is 73.1 Å². The van der Waals surface area contributed by atoms with Crippen molar-refractivity contribution in [1.29, 1.82) is 0 Å². The van der Waals surface area contributed by atoms with Gasteiger partial charge in [-0.25, -0.2) is 4.68 Å². The van der Waals surface area contributed by atoms with Crippen molar-refractivity contribution in [1.82, 2.24) is 14.8 Å². The standard InChI is InChI=1S/C43H44N3.Ir/c1-28-21-29(2)40(30(3)22-28)46-27-44-41(45-46)34-12-10-11-33(23-34)37-25-35(31-13-17-38(18-14-31)42(4,5)6)24-36(26-37)32-15-19-39(20-16-32)43(7,8)9;/h10-11,13-27H,1-9H3;/q-1;. The molecule has 47 heavy (non-hydrogen) atoms. The van der Waals surface area contributed by atoms with Gasteiger partial charge in [-0.15, -0.1) is 35.4 Å². The Morgan fingerprint density at radius 3 is 1.49 bits per heavy atom. The molecule has 0 fully saturated rings. The molecule has 0 unspecified atom stereocenters. The normalized spacial score (nSPS) is 11.8. The zero-order valence-corrected chi connectivity index (χ0v) is 31.4. The van der Waals surface area contributed by atoms with Crippen LogP contribution in [0, 0.1) is 26.8 Å². The maximum absolute atomic E-state index is 4.90. The van der Waals surface area contributed by atoms with Crippen LogP contribution in [0.1, 0.15) is 69.4 Å². The summed E-state index contributed by atoms with van der Waals surface area (Å²) in [4.78, 5) is 4.71. The summed E-state index contributed by atoms with van der Waals surface area (Å²) in [5, 5.41) is 4.90. The van der Waals surface area contributed by atoms with Crippen LogP contribution in [0.3, 0.4) is 0 Å². The van der Waals surface area contributed by atoms with Gasteiger partial charge in [0.2, 0.25) is 0 Å². The number of aromatic nitrogens is 3. The third-order valence-corrected chi connectivity index (χ3v) is 8.83. The Bertz CT molecular complexity index is 1920. The monoisotopic (exact) mass is 795 g/mol. The molecule has 1 radical (unpaired) electrons. The smallest absolute Gasteiger partial charge is 0.108 e. The minimum atomic E-state index is 0. The molecule has 6 aromatic rings. The van der Waals surface area contributed by atoms with Crippen molar-refractivity contribution in [3.8, 4) is 50.5 Å². The zero-order chi connectivity index (χ0) is 32.8. The summed E-state index contributed by atoms with van der Waals surface area (Å²) in [5.74, 6) is 0.660. The Balaban J connectivity index is 0.00000433. The van der Waals surface area contributed by atoms with E-state index in [9.17, 15) is 0 Å². The average Bonchev–Trinajstić information content (AvgIpc) is 3.49. The third-order valence-electron chi connectivity index (χ3n) is 8.83. The zero-order valence-electron chi connectivity index (χ0n) is 29.0. The van der Waals surface area contributed by atoms with Crippen molar-refractivity contribution in [3.63, 3.8) is 0 Å². The second-order valence-electron chi connectivity index (χ2n) is 14.7. The number of aryl methyl sites for hydroxylation is 3. The predicted octanol–water partition coefficient (Wildman–Crippen LogP) is 11.3. The first-order valence-corrected chi connectivity index (χ1v) is 16.2. The summed E-state index contributed by atoms with van der Waals surface area (Å²) in [6.45, 7) is 19.9. The molecule has 0 aliphatic heterocycles. The van der Waals surface area contributed by atoms with Gasteiger partial charge < -0.3 is 0 Å². The van der Waals surface area contributed by atoms with Gasteiger partial charge in [-0.05, 0) is 99.9 Å². The van der Waals surface area contributed by atoms with Crippen LogP contribution in [0.2, 0.25) is 0 Å². The Kier molecular flexibility index (Phi) is 9.60. The maximum atomic E-state index is 4.90. The van der Waals surface area contributed by atoms with Gasteiger partial charge in [0.25, 0.3) is 0 Å². The van der Waals surface area contributed by atoms with E-state index in [0.29, 0.717) is 5.82 Å². The number of hydrogen-bond donors (Lipinski definition) is 0. The van der Waals surface area contributed by atoms with Crippen molar-refractivity contribution in [3.05, 3.63) is 137 Å². The minimum absolute atomic E-state index is 0. The molecule has 1 heterocycles. The molecule has 0 saturated carbocycles. The molecule has 0 bridgehead atoms. The largest absolute Gasteiger partial charge is 0.264 e. The van der Waals surface area contributed by atoms with Crippen molar-refractivity contribution in [2.24, 2.45) is 0 Å². The quantitative estimate of drug-likeness (QED) is 0.163. The molecule has 0 spiro atoms. The fourth-order valence-electron chi connectivity index (χ4n) is 6.26. The Labute approximate surface area is 294 Å². The molecule has 6 rings (SSSR count). The molecule has 3 nitrogen and oxygen atoms in total. The van der Waals surface area contributed by atoms with E-state index in [1.54, 1.807) is 0 Å². The van der Waals surface area contributed by atoms with E-state index in [2.05, 4.69) is 159 Å². The van der Waals surface area contributed by atoms with E-state index in [0.717, 1.165) is 22.4 Å². The molecule has 5 aromatic carbocycles. The summed E-state index contributed by atoms with van der Waals surface area (Å²) in [5.41, 5.74) is 15.5. The van der Waals surface area contributed by atoms with Crippen LogP contribution in [0.25, 0.3) is 50.5 Å².